The Bertz CT molecular complexity index is 1270. The number of aromatic nitrogens is 1. The molecule has 1 amide bonds. The third-order valence-electron chi connectivity index (χ3n) is 5.37. The first kappa shape index (κ1) is 20.4. The maximum atomic E-state index is 12.8. The van der Waals surface area contributed by atoms with Gasteiger partial charge in [-0.25, -0.2) is 17.5 Å². The van der Waals surface area contributed by atoms with Gasteiger partial charge in [0.15, 0.2) is 5.58 Å². The second-order valence-electron chi connectivity index (χ2n) is 7.46. The van der Waals surface area contributed by atoms with Gasteiger partial charge in [0.25, 0.3) is 0 Å². The summed E-state index contributed by atoms with van der Waals surface area (Å²) in [5.41, 5.74) is 2.86. The largest absolute Gasteiger partial charge is 0.419 e. The summed E-state index contributed by atoms with van der Waals surface area (Å²) in [6.45, 7) is 0.913. The number of sulfonamides is 1. The molecule has 8 nitrogen and oxygen atoms in total. The second-order valence-corrected chi connectivity index (χ2v) is 9.62. The molecule has 4 rings (SSSR count). The predicted octanol–water partition coefficient (Wildman–Crippen LogP) is 2.21. The fourth-order valence-electron chi connectivity index (χ4n) is 3.76. The highest BCUT2D eigenvalue weighted by atomic mass is 32.2. The molecule has 0 fully saturated rings. The molecule has 0 saturated carbocycles. The molecule has 0 unspecified atom stereocenters. The van der Waals surface area contributed by atoms with Crippen molar-refractivity contribution in [2.75, 3.05) is 25.5 Å². The predicted molar refractivity (Wildman–Crippen MR) is 113 cm³/mol. The summed E-state index contributed by atoms with van der Waals surface area (Å²) >= 11 is 0. The number of oxazole rings is 1. The lowest BCUT2D eigenvalue weighted by atomic mass is 10.2. The van der Waals surface area contributed by atoms with Crippen LogP contribution in [0.25, 0.3) is 11.1 Å². The number of aryl methyl sites for hydroxylation is 1. The molecule has 0 spiro atoms. The van der Waals surface area contributed by atoms with Gasteiger partial charge in [-0.1, -0.05) is 12.1 Å². The molecule has 9 heteroatoms. The van der Waals surface area contributed by atoms with Gasteiger partial charge >= 0.3 is 5.76 Å². The van der Waals surface area contributed by atoms with E-state index in [1.165, 1.54) is 24.5 Å². The summed E-state index contributed by atoms with van der Waals surface area (Å²) in [5.74, 6) is -0.470. The second kappa shape index (κ2) is 7.73. The lowest BCUT2D eigenvalue weighted by molar-refractivity contribution is -0.118. The molecule has 0 atom stereocenters. The smallest absolute Gasteiger partial charge is 0.408 e. The zero-order valence-electron chi connectivity index (χ0n) is 16.9. The van der Waals surface area contributed by atoms with Crippen molar-refractivity contribution in [2.45, 2.75) is 30.7 Å². The number of hydrogen-bond acceptors (Lipinski definition) is 5. The highest BCUT2D eigenvalue weighted by Crippen LogP contribution is 2.31. The molecule has 1 aliphatic rings. The summed E-state index contributed by atoms with van der Waals surface area (Å²) in [4.78, 5) is 26.7. The Kier molecular flexibility index (Phi) is 5.25. The SMILES string of the molecule is CN(C)S(=O)(=O)c1ccc2c(c1)CCN2C(=O)CCCn1c(=O)oc2ccccc21. The topological polar surface area (TPSA) is 92.8 Å². The minimum atomic E-state index is -3.51. The Morgan fingerprint density at radius 1 is 1.17 bits per heavy atom. The van der Waals surface area contributed by atoms with Crippen LogP contribution in [0, 0.1) is 0 Å². The van der Waals surface area contributed by atoms with E-state index in [1.54, 1.807) is 33.7 Å². The van der Waals surface area contributed by atoms with Gasteiger partial charge < -0.3 is 9.32 Å². The van der Waals surface area contributed by atoms with E-state index < -0.39 is 15.8 Å². The minimum Gasteiger partial charge on any atom is -0.408 e. The van der Waals surface area contributed by atoms with Crippen molar-refractivity contribution < 1.29 is 17.6 Å². The molecular formula is C21H23N3O5S. The standard InChI is InChI=1S/C21H23N3O5S/c1-22(2)30(27,28)16-9-10-17-15(14-16)11-13-23(17)20(25)8-5-12-24-18-6-3-4-7-19(18)29-21(24)26/h3-4,6-7,9-10,14H,5,8,11-13H2,1-2H3. The Hall–Kier alpha value is -2.91. The Morgan fingerprint density at radius 2 is 1.93 bits per heavy atom. The molecule has 0 bridgehead atoms. The number of amides is 1. The highest BCUT2D eigenvalue weighted by Gasteiger charge is 2.27. The summed E-state index contributed by atoms with van der Waals surface area (Å²) in [6, 6.07) is 12.1. The Morgan fingerprint density at radius 3 is 2.70 bits per heavy atom. The molecular weight excluding hydrogens is 406 g/mol. The quantitative estimate of drug-likeness (QED) is 0.599. The number of benzene rings is 2. The van der Waals surface area contributed by atoms with E-state index in [1.807, 2.05) is 12.1 Å². The number of carbonyl (C=O) groups is 1. The van der Waals surface area contributed by atoms with Crippen LogP contribution in [0.5, 0.6) is 0 Å². The van der Waals surface area contributed by atoms with Crippen LogP contribution < -0.4 is 10.7 Å². The maximum Gasteiger partial charge on any atom is 0.419 e. The third-order valence-corrected chi connectivity index (χ3v) is 7.18. The molecule has 158 valence electrons. The average molecular weight is 429 g/mol. The van der Waals surface area contributed by atoms with Gasteiger partial charge in [-0.15, -0.1) is 0 Å². The lowest BCUT2D eigenvalue weighted by Gasteiger charge is -2.18. The summed E-state index contributed by atoms with van der Waals surface area (Å²) < 4.78 is 32.6. The first-order valence-electron chi connectivity index (χ1n) is 9.73. The number of anilines is 1. The van der Waals surface area contributed by atoms with Gasteiger partial charge in [0.1, 0.15) is 0 Å². The van der Waals surface area contributed by atoms with E-state index in [-0.39, 0.29) is 17.2 Å². The van der Waals surface area contributed by atoms with E-state index in [4.69, 9.17) is 4.42 Å². The van der Waals surface area contributed by atoms with Gasteiger partial charge in [-0.05, 0) is 48.7 Å². The minimum absolute atomic E-state index is 0.0437. The van der Waals surface area contributed by atoms with Crippen molar-refractivity contribution in [1.29, 1.82) is 0 Å². The number of fused-ring (bicyclic) bond motifs is 2. The van der Waals surface area contributed by atoms with Gasteiger partial charge in [0.05, 0.1) is 10.4 Å². The van der Waals surface area contributed by atoms with Crippen molar-refractivity contribution in [3.05, 3.63) is 58.6 Å². The van der Waals surface area contributed by atoms with Gasteiger partial charge in [0.2, 0.25) is 15.9 Å². The van der Waals surface area contributed by atoms with E-state index in [2.05, 4.69) is 0 Å². The fraction of sp³-hybridized carbons (Fsp3) is 0.333. The van der Waals surface area contributed by atoms with Crippen LogP contribution in [0.3, 0.4) is 0 Å². The molecule has 0 radical (unpaired) electrons. The molecule has 0 saturated heterocycles. The van der Waals surface area contributed by atoms with Crippen molar-refractivity contribution in [3.63, 3.8) is 0 Å². The fourth-order valence-corrected chi connectivity index (χ4v) is 4.71. The van der Waals surface area contributed by atoms with E-state index in [9.17, 15) is 18.0 Å². The summed E-state index contributed by atoms with van der Waals surface area (Å²) in [6.07, 6.45) is 1.40. The molecule has 2 aromatic carbocycles. The third kappa shape index (κ3) is 3.54. The van der Waals surface area contributed by atoms with Crippen LogP contribution in [0.1, 0.15) is 18.4 Å². The van der Waals surface area contributed by atoms with Crippen LogP contribution in [-0.4, -0.2) is 43.8 Å². The average Bonchev–Trinajstić information content (AvgIpc) is 3.28. The zero-order valence-corrected chi connectivity index (χ0v) is 17.7. The van der Waals surface area contributed by atoms with Crippen molar-refractivity contribution >= 4 is 32.7 Å². The molecule has 3 aromatic rings. The molecule has 2 heterocycles. The Labute approximate surface area is 174 Å². The number of nitrogens with zero attached hydrogens (tertiary/aromatic N) is 3. The maximum absolute atomic E-state index is 12.8. The van der Waals surface area contributed by atoms with E-state index in [0.29, 0.717) is 31.5 Å². The zero-order chi connectivity index (χ0) is 21.5. The molecule has 1 aliphatic heterocycles. The van der Waals surface area contributed by atoms with Gasteiger partial charge in [0, 0.05) is 39.3 Å². The molecule has 30 heavy (non-hydrogen) atoms. The normalized spacial score (nSPS) is 13.9. The van der Waals surface area contributed by atoms with Crippen LogP contribution in [0.4, 0.5) is 5.69 Å². The number of para-hydroxylation sites is 2. The van der Waals surface area contributed by atoms with Crippen molar-refractivity contribution in [2.24, 2.45) is 0 Å². The number of rotatable bonds is 6. The van der Waals surface area contributed by atoms with E-state index in [0.717, 1.165) is 16.8 Å². The summed E-state index contributed by atoms with van der Waals surface area (Å²) in [7, 11) is -0.523. The Balaban J connectivity index is 1.45. The summed E-state index contributed by atoms with van der Waals surface area (Å²) in [5, 5.41) is 0. The first-order valence-corrected chi connectivity index (χ1v) is 11.2. The van der Waals surface area contributed by atoms with Crippen LogP contribution in [-0.2, 0) is 27.8 Å². The molecule has 1 aromatic heterocycles. The van der Waals surface area contributed by atoms with Crippen LogP contribution in [0.15, 0.2) is 56.6 Å². The van der Waals surface area contributed by atoms with Crippen LogP contribution >= 0.6 is 0 Å². The van der Waals surface area contributed by atoms with Crippen molar-refractivity contribution in [3.8, 4) is 0 Å². The number of hydrogen-bond donors (Lipinski definition) is 0. The monoisotopic (exact) mass is 429 g/mol. The van der Waals surface area contributed by atoms with E-state index >= 15 is 0 Å². The van der Waals surface area contributed by atoms with Crippen molar-refractivity contribution in [1.82, 2.24) is 8.87 Å². The van der Waals surface area contributed by atoms with Crippen LogP contribution in [0.2, 0.25) is 0 Å². The first-order chi connectivity index (χ1) is 14.3. The molecule has 0 aliphatic carbocycles. The van der Waals surface area contributed by atoms with Gasteiger partial charge in [-0.2, -0.15) is 0 Å². The van der Waals surface area contributed by atoms with Gasteiger partial charge in [-0.3, -0.25) is 9.36 Å². The number of carbonyl (C=O) groups excluding carboxylic acids is 1. The lowest BCUT2D eigenvalue weighted by Crippen LogP contribution is -2.29. The molecule has 0 N–H and O–H groups in total. The highest BCUT2D eigenvalue weighted by molar-refractivity contribution is 7.89.